The van der Waals surface area contributed by atoms with Gasteiger partial charge in [0.05, 0.1) is 5.02 Å². The van der Waals surface area contributed by atoms with E-state index in [4.69, 9.17) is 26.8 Å². The highest BCUT2D eigenvalue weighted by molar-refractivity contribution is 7.98. The van der Waals surface area contributed by atoms with E-state index in [1.54, 1.807) is 0 Å². The Balaban J connectivity index is 1.97. The lowest BCUT2D eigenvalue weighted by Crippen LogP contribution is -1.99. The molecule has 0 amide bonds. The Morgan fingerprint density at radius 3 is 3.06 bits per heavy atom. The van der Waals surface area contributed by atoms with Crippen LogP contribution in [0, 0.1) is 0 Å². The first-order chi connectivity index (χ1) is 7.81. The van der Waals surface area contributed by atoms with Gasteiger partial charge in [0.1, 0.15) is 0 Å². The predicted octanol–water partition coefficient (Wildman–Crippen LogP) is 2.65. The normalized spacial score (nSPS) is 13.1. The van der Waals surface area contributed by atoms with Crippen molar-refractivity contribution in [1.29, 1.82) is 0 Å². The molecule has 1 aliphatic rings. The maximum absolute atomic E-state index is 6.08. The summed E-state index contributed by atoms with van der Waals surface area (Å²) in [6, 6.07) is 3.92. The van der Waals surface area contributed by atoms with Crippen molar-refractivity contribution in [2.24, 2.45) is 5.73 Å². The second-order valence-corrected chi connectivity index (χ2v) is 5.02. The van der Waals surface area contributed by atoms with Gasteiger partial charge in [0.25, 0.3) is 0 Å². The zero-order valence-corrected chi connectivity index (χ0v) is 10.4. The van der Waals surface area contributed by atoms with Crippen LogP contribution in [0.3, 0.4) is 0 Å². The van der Waals surface area contributed by atoms with Gasteiger partial charge >= 0.3 is 0 Å². The summed E-state index contributed by atoms with van der Waals surface area (Å²) in [5.41, 5.74) is 6.60. The van der Waals surface area contributed by atoms with E-state index < -0.39 is 0 Å². The highest BCUT2D eigenvalue weighted by Gasteiger charge is 2.17. The third-order valence-corrected chi connectivity index (χ3v) is 3.64. The molecule has 0 fully saturated rings. The molecule has 2 rings (SSSR count). The van der Waals surface area contributed by atoms with Gasteiger partial charge in [-0.3, -0.25) is 0 Å². The molecule has 2 N–H and O–H groups in total. The van der Waals surface area contributed by atoms with Gasteiger partial charge in [-0.15, -0.1) is 0 Å². The van der Waals surface area contributed by atoms with E-state index in [1.807, 2.05) is 23.9 Å². The zero-order chi connectivity index (χ0) is 11.4. The monoisotopic (exact) mass is 259 g/mol. The van der Waals surface area contributed by atoms with Gasteiger partial charge in [0, 0.05) is 5.75 Å². The third-order valence-electron chi connectivity index (χ3n) is 2.25. The molecule has 0 spiro atoms. The number of hydrogen-bond acceptors (Lipinski definition) is 4. The summed E-state index contributed by atoms with van der Waals surface area (Å²) in [7, 11) is 0. The molecule has 0 bridgehead atoms. The second kappa shape index (κ2) is 5.66. The zero-order valence-electron chi connectivity index (χ0n) is 8.87. The first-order valence-corrected chi connectivity index (χ1v) is 6.70. The summed E-state index contributed by atoms with van der Waals surface area (Å²) in [6.07, 6.45) is 1.04. The van der Waals surface area contributed by atoms with E-state index in [2.05, 4.69) is 0 Å². The summed E-state index contributed by atoms with van der Waals surface area (Å²) < 4.78 is 10.6. The third kappa shape index (κ3) is 2.75. The molecule has 0 saturated heterocycles. The summed E-state index contributed by atoms with van der Waals surface area (Å²) in [6.45, 7) is 1.01. The Labute approximate surface area is 104 Å². The molecule has 1 aliphatic heterocycles. The lowest BCUT2D eigenvalue weighted by molar-refractivity contribution is 0.174. The van der Waals surface area contributed by atoms with Crippen LogP contribution in [-0.2, 0) is 5.75 Å². The number of fused-ring (bicyclic) bond motifs is 1. The van der Waals surface area contributed by atoms with Gasteiger partial charge in [-0.05, 0) is 36.4 Å². The molecule has 16 heavy (non-hydrogen) atoms. The lowest BCUT2D eigenvalue weighted by atomic mass is 10.2. The predicted molar refractivity (Wildman–Crippen MR) is 67.4 cm³/mol. The topological polar surface area (TPSA) is 44.5 Å². The molecule has 0 aliphatic carbocycles. The van der Waals surface area contributed by atoms with Gasteiger partial charge in [-0.25, -0.2) is 0 Å². The van der Waals surface area contributed by atoms with E-state index >= 15 is 0 Å². The van der Waals surface area contributed by atoms with Gasteiger partial charge < -0.3 is 15.2 Å². The minimum Gasteiger partial charge on any atom is -0.454 e. The molecule has 0 atom stereocenters. The maximum Gasteiger partial charge on any atom is 0.231 e. The van der Waals surface area contributed by atoms with Crippen molar-refractivity contribution in [2.45, 2.75) is 12.2 Å². The molecule has 1 heterocycles. The van der Waals surface area contributed by atoms with Crippen LogP contribution in [-0.4, -0.2) is 19.1 Å². The molecule has 1 aromatic carbocycles. The molecule has 1 aromatic rings. The molecule has 0 radical (unpaired) electrons. The summed E-state index contributed by atoms with van der Waals surface area (Å²) in [5.74, 6) is 3.41. The first kappa shape index (κ1) is 11.9. The largest absolute Gasteiger partial charge is 0.454 e. The molecule has 0 saturated carbocycles. The minimum atomic E-state index is 0.263. The fraction of sp³-hybridized carbons (Fsp3) is 0.455. The Kier molecular flexibility index (Phi) is 4.21. The highest BCUT2D eigenvalue weighted by Crippen LogP contribution is 2.40. The molecular weight excluding hydrogens is 246 g/mol. The van der Waals surface area contributed by atoms with Crippen LogP contribution in [0.5, 0.6) is 11.5 Å². The Hall–Kier alpha value is -0.580. The average Bonchev–Trinajstić information content (AvgIpc) is 2.73. The highest BCUT2D eigenvalue weighted by atomic mass is 35.5. The van der Waals surface area contributed by atoms with Crippen molar-refractivity contribution in [1.82, 2.24) is 0 Å². The van der Waals surface area contributed by atoms with E-state index in [9.17, 15) is 0 Å². The van der Waals surface area contributed by atoms with Crippen molar-refractivity contribution in [3.63, 3.8) is 0 Å². The van der Waals surface area contributed by atoms with Gasteiger partial charge in [0.2, 0.25) is 6.79 Å². The van der Waals surface area contributed by atoms with Crippen LogP contribution in [0.2, 0.25) is 5.02 Å². The van der Waals surface area contributed by atoms with Crippen LogP contribution in [0.4, 0.5) is 0 Å². The minimum absolute atomic E-state index is 0.263. The average molecular weight is 260 g/mol. The Morgan fingerprint density at radius 1 is 1.38 bits per heavy atom. The van der Waals surface area contributed by atoms with E-state index in [0.717, 1.165) is 35.8 Å². The Morgan fingerprint density at radius 2 is 2.25 bits per heavy atom. The molecular formula is C11H14ClNO2S. The van der Waals surface area contributed by atoms with Crippen molar-refractivity contribution in [3.05, 3.63) is 22.7 Å². The van der Waals surface area contributed by atoms with E-state index in [1.165, 1.54) is 0 Å². The van der Waals surface area contributed by atoms with Crippen LogP contribution in [0.1, 0.15) is 12.0 Å². The number of thioether (sulfide) groups is 1. The first-order valence-electron chi connectivity index (χ1n) is 5.17. The number of ether oxygens (including phenoxy) is 2. The molecule has 88 valence electrons. The van der Waals surface area contributed by atoms with Crippen LogP contribution >= 0.6 is 23.4 Å². The van der Waals surface area contributed by atoms with E-state index in [0.29, 0.717) is 10.8 Å². The Bertz CT molecular complexity index is 373. The van der Waals surface area contributed by atoms with Crippen molar-refractivity contribution in [3.8, 4) is 11.5 Å². The molecule has 0 aromatic heterocycles. The quantitative estimate of drug-likeness (QED) is 0.826. The number of rotatable bonds is 5. The SMILES string of the molecule is NCCCSCc1cc(Cl)c2c(c1)OCO2. The van der Waals surface area contributed by atoms with Crippen molar-refractivity contribution in [2.75, 3.05) is 19.1 Å². The summed E-state index contributed by atoms with van der Waals surface area (Å²) in [5, 5.41) is 0.629. The second-order valence-electron chi connectivity index (χ2n) is 3.51. The number of hydrogen-bond donors (Lipinski definition) is 1. The fourth-order valence-corrected chi connectivity index (χ4v) is 2.68. The maximum atomic E-state index is 6.08. The van der Waals surface area contributed by atoms with Crippen molar-refractivity contribution < 1.29 is 9.47 Å². The van der Waals surface area contributed by atoms with E-state index in [-0.39, 0.29) is 6.79 Å². The molecule has 0 unspecified atom stereocenters. The standard InChI is InChI=1S/C11H14ClNO2S/c12-9-4-8(6-16-3-1-2-13)5-10-11(9)15-7-14-10/h4-5H,1-3,6-7,13H2. The van der Waals surface area contributed by atoms with Crippen LogP contribution < -0.4 is 15.2 Å². The number of nitrogens with two attached hydrogens (primary N) is 1. The van der Waals surface area contributed by atoms with Crippen molar-refractivity contribution >= 4 is 23.4 Å². The van der Waals surface area contributed by atoms with Gasteiger partial charge in [0.15, 0.2) is 11.5 Å². The summed E-state index contributed by atoms with van der Waals surface area (Å²) >= 11 is 7.93. The van der Waals surface area contributed by atoms with Crippen LogP contribution in [0.15, 0.2) is 12.1 Å². The molecule has 3 nitrogen and oxygen atoms in total. The lowest BCUT2D eigenvalue weighted by Gasteiger charge is -2.04. The number of benzene rings is 1. The summed E-state index contributed by atoms with van der Waals surface area (Å²) in [4.78, 5) is 0. The fourth-order valence-electron chi connectivity index (χ4n) is 1.48. The number of halogens is 1. The van der Waals surface area contributed by atoms with Gasteiger partial charge in [-0.1, -0.05) is 11.6 Å². The van der Waals surface area contributed by atoms with Gasteiger partial charge in [-0.2, -0.15) is 11.8 Å². The van der Waals surface area contributed by atoms with Crippen LogP contribution in [0.25, 0.3) is 0 Å². The molecule has 5 heteroatoms. The smallest absolute Gasteiger partial charge is 0.231 e.